The number of aliphatic carboxylic acids is 1. The Hall–Kier alpha value is -1.77. The van der Waals surface area contributed by atoms with Crippen molar-refractivity contribution in [3.63, 3.8) is 0 Å². The number of carbonyl (C=O) groups is 1. The van der Waals surface area contributed by atoms with E-state index in [1.54, 1.807) is 6.07 Å². The van der Waals surface area contributed by atoms with Gasteiger partial charge in [0.1, 0.15) is 6.61 Å². The lowest BCUT2D eigenvalue weighted by Crippen LogP contribution is -2.28. The highest BCUT2D eigenvalue weighted by molar-refractivity contribution is 5.73. The van der Waals surface area contributed by atoms with Crippen LogP contribution in [0.2, 0.25) is 0 Å². The van der Waals surface area contributed by atoms with Gasteiger partial charge in [-0.25, -0.2) is 4.79 Å². The predicted octanol–water partition coefficient (Wildman–Crippen LogP) is 1.75. The molecular formula is C11H15F3N2O4. The lowest BCUT2D eigenvalue weighted by molar-refractivity contribution is -0.192. The van der Waals surface area contributed by atoms with Gasteiger partial charge in [0.15, 0.2) is 0 Å². The molecule has 0 saturated carbocycles. The zero-order valence-corrected chi connectivity index (χ0v) is 10.7. The summed E-state index contributed by atoms with van der Waals surface area (Å²) in [7, 11) is 0. The van der Waals surface area contributed by atoms with Crippen LogP contribution in [-0.2, 0) is 4.79 Å². The minimum Gasteiger partial charge on any atom is -0.475 e. The van der Waals surface area contributed by atoms with E-state index < -0.39 is 12.1 Å². The summed E-state index contributed by atoms with van der Waals surface area (Å²) in [5.74, 6) is -2.24. The minimum atomic E-state index is -5.08. The molecule has 20 heavy (non-hydrogen) atoms. The van der Waals surface area contributed by atoms with Crippen molar-refractivity contribution in [1.82, 2.24) is 10.5 Å². The van der Waals surface area contributed by atoms with Gasteiger partial charge in [-0.1, -0.05) is 5.16 Å². The van der Waals surface area contributed by atoms with Crippen LogP contribution in [0.3, 0.4) is 0 Å². The van der Waals surface area contributed by atoms with Crippen LogP contribution in [0.25, 0.3) is 0 Å². The van der Waals surface area contributed by atoms with E-state index in [2.05, 4.69) is 10.5 Å². The van der Waals surface area contributed by atoms with Crippen molar-refractivity contribution in [3.05, 3.63) is 11.8 Å². The first-order chi connectivity index (χ1) is 9.29. The fourth-order valence-corrected chi connectivity index (χ4v) is 1.49. The average Bonchev–Trinajstić information content (AvgIpc) is 2.97. The Kier molecular flexibility index (Phi) is 5.81. The second kappa shape index (κ2) is 7.13. The lowest BCUT2D eigenvalue weighted by atomic mass is 10.2. The number of nitrogens with one attached hydrogen (secondary N) is 1. The Morgan fingerprint density at radius 2 is 2.30 bits per heavy atom. The van der Waals surface area contributed by atoms with E-state index in [0.717, 1.165) is 12.2 Å². The molecule has 1 aliphatic heterocycles. The van der Waals surface area contributed by atoms with Crippen molar-refractivity contribution in [2.75, 3.05) is 13.2 Å². The molecule has 2 rings (SSSR count). The van der Waals surface area contributed by atoms with E-state index in [1.165, 1.54) is 12.8 Å². The molecule has 0 unspecified atom stereocenters. The topological polar surface area (TPSA) is 84.6 Å². The van der Waals surface area contributed by atoms with E-state index in [-0.39, 0.29) is 0 Å². The lowest BCUT2D eigenvalue weighted by Gasteiger charge is -2.08. The monoisotopic (exact) mass is 296 g/mol. The Morgan fingerprint density at radius 1 is 1.65 bits per heavy atom. The molecule has 2 heterocycles. The molecule has 0 aliphatic carbocycles. The Labute approximate surface area is 112 Å². The molecule has 0 bridgehead atoms. The van der Waals surface area contributed by atoms with E-state index >= 15 is 0 Å². The number of aromatic nitrogens is 1. The number of carboxylic acids is 1. The van der Waals surface area contributed by atoms with E-state index in [4.69, 9.17) is 19.2 Å². The number of aryl methyl sites for hydroxylation is 1. The van der Waals surface area contributed by atoms with Crippen LogP contribution in [-0.4, -0.2) is 41.6 Å². The average molecular weight is 296 g/mol. The van der Waals surface area contributed by atoms with Crippen LogP contribution in [0, 0.1) is 6.92 Å². The summed E-state index contributed by atoms with van der Waals surface area (Å²) < 4.78 is 42.1. The first-order valence-corrected chi connectivity index (χ1v) is 5.88. The first-order valence-electron chi connectivity index (χ1n) is 5.88. The SMILES string of the molecule is Cc1cc(OC[C@@H]2CCCN2)on1.O=C(O)C(F)(F)F. The molecule has 1 aromatic heterocycles. The second-order valence-electron chi connectivity index (χ2n) is 4.19. The summed E-state index contributed by atoms with van der Waals surface area (Å²) in [5.41, 5.74) is 0.856. The maximum Gasteiger partial charge on any atom is 0.490 e. The fraction of sp³-hybridized carbons (Fsp3) is 0.636. The summed E-state index contributed by atoms with van der Waals surface area (Å²) in [6.07, 6.45) is -2.66. The van der Waals surface area contributed by atoms with Gasteiger partial charge in [-0.2, -0.15) is 13.2 Å². The number of nitrogens with zero attached hydrogens (tertiary/aromatic N) is 1. The number of hydrogen-bond acceptors (Lipinski definition) is 5. The van der Waals surface area contributed by atoms with Crippen molar-refractivity contribution in [2.45, 2.75) is 32.0 Å². The van der Waals surface area contributed by atoms with Gasteiger partial charge in [0.05, 0.1) is 5.69 Å². The number of rotatable bonds is 3. The highest BCUT2D eigenvalue weighted by Crippen LogP contribution is 2.14. The predicted molar refractivity (Wildman–Crippen MR) is 61.5 cm³/mol. The highest BCUT2D eigenvalue weighted by atomic mass is 19.4. The molecule has 1 atom stereocenters. The Bertz CT molecular complexity index is 428. The summed E-state index contributed by atoms with van der Waals surface area (Å²) >= 11 is 0. The third-order valence-corrected chi connectivity index (χ3v) is 2.44. The molecule has 0 radical (unpaired) electrons. The molecule has 6 nitrogen and oxygen atoms in total. The molecule has 9 heteroatoms. The zero-order chi connectivity index (χ0) is 15.2. The largest absolute Gasteiger partial charge is 0.490 e. The smallest absolute Gasteiger partial charge is 0.475 e. The summed E-state index contributed by atoms with van der Waals surface area (Å²) in [4.78, 5) is 8.90. The van der Waals surface area contributed by atoms with E-state index in [9.17, 15) is 13.2 Å². The quantitative estimate of drug-likeness (QED) is 0.884. The molecule has 114 valence electrons. The number of halogens is 3. The van der Waals surface area contributed by atoms with Crippen molar-refractivity contribution >= 4 is 5.97 Å². The van der Waals surface area contributed by atoms with Crippen LogP contribution in [0.4, 0.5) is 13.2 Å². The van der Waals surface area contributed by atoms with Crippen LogP contribution in [0.5, 0.6) is 5.95 Å². The molecule has 1 aliphatic rings. The maximum atomic E-state index is 10.6. The molecule has 1 aromatic rings. The summed E-state index contributed by atoms with van der Waals surface area (Å²) in [6.45, 7) is 3.66. The van der Waals surface area contributed by atoms with Crippen molar-refractivity contribution in [1.29, 1.82) is 0 Å². The molecule has 0 spiro atoms. The second-order valence-corrected chi connectivity index (χ2v) is 4.19. The van der Waals surface area contributed by atoms with Gasteiger partial charge in [-0.05, 0) is 26.3 Å². The van der Waals surface area contributed by atoms with Gasteiger partial charge < -0.3 is 19.7 Å². The van der Waals surface area contributed by atoms with Crippen molar-refractivity contribution in [2.24, 2.45) is 0 Å². The third-order valence-electron chi connectivity index (χ3n) is 2.44. The van der Waals surface area contributed by atoms with Crippen molar-refractivity contribution in [3.8, 4) is 5.95 Å². The normalized spacial score (nSPS) is 18.3. The van der Waals surface area contributed by atoms with Crippen LogP contribution in [0.15, 0.2) is 10.6 Å². The first kappa shape index (κ1) is 16.3. The molecule has 1 saturated heterocycles. The zero-order valence-electron chi connectivity index (χ0n) is 10.7. The number of alkyl halides is 3. The third kappa shape index (κ3) is 5.91. The molecule has 0 aromatic carbocycles. The molecule has 0 amide bonds. The Balaban J connectivity index is 0.000000246. The van der Waals surface area contributed by atoms with Crippen LogP contribution in [0.1, 0.15) is 18.5 Å². The van der Waals surface area contributed by atoms with Crippen LogP contribution < -0.4 is 10.1 Å². The Morgan fingerprint density at radius 3 is 2.70 bits per heavy atom. The van der Waals surface area contributed by atoms with E-state index in [0.29, 0.717) is 18.6 Å². The number of carboxylic acid groups (broad SMARTS) is 1. The van der Waals surface area contributed by atoms with Gasteiger partial charge in [0, 0.05) is 12.1 Å². The summed E-state index contributed by atoms with van der Waals surface area (Å²) in [5, 5.41) is 14.2. The van der Waals surface area contributed by atoms with Gasteiger partial charge >= 0.3 is 18.1 Å². The van der Waals surface area contributed by atoms with Gasteiger partial charge in [0.2, 0.25) is 0 Å². The maximum absolute atomic E-state index is 10.6. The van der Waals surface area contributed by atoms with Gasteiger partial charge in [0.25, 0.3) is 0 Å². The molecular weight excluding hydrogens is 281 g/mol. The molecule has 1 fully saturated rings. The summed E-state index contributed by atoms with van der Waals surface area (Å²) in [6, 6.07) is 2.28. The highest BCUT2D eigenvalue weighted by Gasteiger charge is 2.38. The van der Waals surface area contributed by atoms with Gasteiger partial charge in [-0.3, -0.25) is 0 Å². The van der Waals surface area contributed by atoms with Crippen molar-refractivity contribution < 1.29 is 32.3 Å². The minimum absolute atomic E-state index is 0.477. The standard InChI is InChI=1S/C9H14N2O2.C2HF3O2/c1-7-5-9(13-11-7)12-6-8-3-2-4-10-8;3-2(4,5)1(6)7/h5,8,10H,2-4,6H2,1H3;(H,6,7)/t8-;/m0./s1. The molecule has 2 N–H and O–H groups in total. The van der Waals surface area contributed by atoms with Crippen LogP contribution >= 0.6 is 0 Å². The number of hydrogen-bond donors (Lipinski definition) is 2. The van der Waals surface area contributed by atoms with E-state index in [1.807, 2.05) is 6.92 Å². The fourth-order valence-electron chi connectivity index (χ4n) is 1.49. The van der Waals surface area contributed by atoms with Gasteiger partial charge in [-0.15, -0.1) is 0 Å². The number of ether oxygens (including phenoxy) is 1.